The summed E-state index contributed by atoms with van der Waals surface area (Å²) in [6.45, 7) is 0.393. The topological polar surface area (TPSA) is 61.0 Å². The average Bonchev–Trinajstić information content (AvgIpc) is 2.48. The van der Waals surface area contributed by atoms with Crippen molar-refractivity contribution >= 4 is 10.9 Å². The molecule has 2 N–H and O–H groups in total. The number of hydrogen-bond donors (Lipinski definition) is 1. The highest BCUT2D eigenvalue weighted by Gasteiger charge is 2.05. The summed E-state index contributed by atoms with van der Waals surface area (Å²) in [5, 5.41) is 1.03. The molecule has 0 radical (unpaired) electrons. The first-order chi connectivity index (χ1) is 9.36. The molecule has 2 aromatic heterocycles. The van der Waals surface area contributed by atoms with Crippen molar-refractivity contribution in [3.63, 3.8) is 0 Å². The summed E-state index contributed by atoms with van der Waals surface area (Å²) in [7, 11) is 0. The number of nitrogens with two attached hydrogens (primary N) is 1. The quantitative estimate of drug-likeness (QED) is 0.777. The van der Waals surface area contributed by atoms with E-state index in [1.54, 1.807) is 12.4 Å². The van der Waals surface area contributed by atoms with Crippen molar-refractivity contribution in [3.8, 4) is 11.6 Å². The van der Waals surface area contributed by atoms with Gasteiger partial charge in [-0.25, -0.2) is 4.98 Å². The Hall–Kier alpha value is -2.46. The normalized spacial score (nSPS) is 10.6. The lowest BCUT2D eigenvalue weighted by molar-refractivity contribution is 0.455. The maximum atomic E-state index is 5.75. The Morgan fingerprint density at radius 2 is 1.95 bits per heavy atom. The Kier molecular flexibility index (Phi) is 3.08. The molecule has 4 nitrogen and oxygen atoms in total. The van der Waals surface area contributed by atoms with Crippen molar-refractivity contribution in [2.75, 3.05) is 0 Å². The van der Waals surface area contributed by atoms with Crippen LogP contribution in [0, 0.1) is 0 Å². The van der Waals surface area contributed by atoms with E-state index < -0.39 is 0 Å². The van der Waals surface area contributed by atoms with Gasteiger partial charge >= 0.3 is 0 Å². The summed E-state index contributed by atoms with van der Waals surface area (Å²) in [5.74, 6) is 1.19. The molecule has 0 aliphatic heterocycles. The number of hydrogen-bond acceptors (Lipinski definition) is 4. The predicted molar refractivity (Wildman–Crippen MR) is 73.9 cm³/mol. The van der Waals surface area contributed by atoms with Gasteiger partial charge in [0.15, 0.2) is 0 Å². The molecule has 0 saturated carbocycles. The second-order valence-electron chi connectivity index (χ2n) is 4.14. The zero-order valence-electron chi connectivity index (χ0n) is 10.3. The van der Waals surface area contributed by atoms with Crippen molar-refractivity contribution in [1.29, 1.82) is 0 Å². The third kappa shape index (κ3) is 2.39. The van der Waals surface area contributed by atoms with Gasteiger partial charge in [0.2, 0.25) is 5.88 Å². The Balaban J connectivity index is 1.96. The molecule has 94 valence electrons. The van der Waals surface area contributed by atoms with E-state index in [1.165, 1.54) is 0 Å². The molecular formula is C15H13N3O. The van der Waals surface area contributed by atoms with Crippen molar-refractivity contribution in [2.45, 2.75) is 6.54 Å². The van der Waals surface area contributed by atoms with E-state index in [1.807, 2.05) is 42.5 Å². The van der Waals surface area contributed by atoms with Crippen molar-refractivity contribution in [1.82, 2.24) is 9.97 Å². The van der Waals surface area contributed by atoms with Gasteiger partial charge in [0.05, 0.1) is 11.7 Å². The predicted octanol–water partition coefficient (Wildman–Crippen LogP) is 2.88. The number of para-hydroxylation sites is 1. The molecule has 3 rings (SSSR count). The molecule has 0 atom stereocenters. The number of aromatic nitrogens is 2. The molecule has 1 aromatic carbocycles. The fraction of sp³-hybridized carbons (Fsp3) is 0.0667. The first-order valence-electron chi connectivity index (χ1n) is 6.03. The maximum absolute atomic E-state index is 5.75. The highest BCUT2D eigenvalue weighted by molar-refractivity contribution is 5.79. The van der Waals surface area contributed by atoms with Crippen molar-refractivity contribution in [2.24, 2.45) is 5.73 Å². The molecule has 0 spiro atoms. The SMILES string of the molecule is NCc1cccnc1Oc1cnc2ccccc2c1. The lowest BCUT2D eigenvalue weighted by Gasteiger charge is -2.08. The second-order valence-corrected chi connectivity index (χ2v) is 4.14. The Morgan fingerprint density at radius 1 is 1.05 bits per heavy atom. The number of ether oxygens (including phenoxy) is 1. The van der Waals surface area contributed by atoms with E-state index in [-0.39, 0.29) is 0 Å². The molecule has 0 saturated heterocycles. The lowest BCUT2D eigenvalue weighted by atomic mass is 10.2. The van der Waals surface area contributed by atoms with E-state index in [0.717, 1.165) is 16.5 Å². The van der Waals surface area contributed by atoms with Crippen LogP contribution in [0.1, 0.15) is 5.56 Å². The van der Waals surface area contributed by atoms with E-state index >= 15 is 0 Å². The zero-order valence-corrected chi connectivity index (χ0v) is 10.3. The summed E-state index contributed by atoms with van der Waals surface area (Å²) in [6.07, 6.45) is 3.38. The van der Waals surface area contributed by atoms with Crippen LogP contribution in [-0.2, 0) is 6.54 Å². The molecule has 4 heteroatoms. The number of rotatable bonds is 3. The molecule has 3 aromatic rings. The molecule has 19 heavy (non-hydrogen) atoms. The lowest BCUT2D eigenvalue weighted by Crippen LogP contribution is -2.00. The minimum atomic E-state index is 0.393. The fourth-order valence-electron chi connectivity index (χ4n) is 1.89. The summed E-state index contributed by atoms with van der Waals surface area (Å²) >= 11 is 0. The maximum Gasteiger partial charge on any atom is 0.223 e. The van der Waals surface area contributed by atoms with Crippen LogP contribution in [-0.4, -0.2) is 9.97 Å². The molecule has 0 unspecified atom stereocenters. The van der Waals surface area contributed by atoms with Crippen molar-refractivity contribution in [3.05, 3.63) is 60.4 Å². The minimum absolute atomic E-state index is 0.393. The number of benzene rings is 1. The van der Waals surface area contributed by atoms with Crippen molar-refractivity contribution < 1.29 is 4.74 Å². The van der Waals surface area contributed by atoms with Gasteiger partial charge in [0, 0.05) is 23.7 Å². The fourth-order valence-corrected chi connectivity index (χ4v) is 1.89. The van der Waals surface area contributed by atoms with Gasteiger partial charge in [-0.1, -0.05) is 24.3 Å². The summed E-state index contributed by atoms with van der Waals surface area (Å²) in [5.41, 5.74) is 7.47. The van der Waals surface area contributed by atoms with E-state index in [9.17, 15) is 0 Å². The van der Waals surface area contributed by atoms with Gasteiger partial charge in [0.1, 0.15) is 5.75 Å². The van der Waals surface area contributed by atoms with Gasteiger partial charge in [-0.05, 0) is 18.2 Å². The van der Waals surface area contributed by atoms with Crippen LogP contribution >= 0.6 is 0 Å². The Morgan fingerprint density at radius 3 is 2.84 bits per heavy atom. The highest BCUT2D eigenvalue weighted by atomic mass is 16.5. The number of nitrogens with zero attached hydrogens (tertiary/aromatic N) is 2. The van der Waals surface area contributed by atoms with Gasteiger partial charge in [-0.15, -0.1) is 0 Å². The van der Waals surface area contributed by atoms with Gasteiger partial charge in [-0.3, -0.25) is 4.98 Å². The van der Waals surface area contributed by atoms with Gasteiger partial charge in [-0.2, -0.15) is 0 Å². The van der Waals surface area contributed by atoms with Gasteiger partial charge < -0.3 is 10.5 Å². The van der Waals surface area contributed by atoms with Crippen LogP contribution in [0.3, 0.4) is 0 Å². The Labute approximate surface area is 110 Å². The molecule has 0 aliphatic carbocycles. The second kappa shape index (κ2) is 5.04. The van der Waals surface area contributed by atoms with Crippen LogP contribution in [0.15, 0.2) is 54.9 Å². The average molecular weight is 251 g/mol. The molecule has 0 aliphatic rings. The number of fused-ring (bicyclic) bond motifs is 1. The number of pyridine rings is 2. The van der Waals surface area contributed by atoms with Crippen LogP contribution in [0.2, 0.25) is 0 Å². The monoisotopic (exact) mass is 251 g/mol. The molecule has 0 fully saturated rings. The largest absolute Gasteiger partial charge is 0.437 e. The first kappa shape index (κ1) is 11.6. The minimum Gasteiger partial charge on any atom is -0.437 e. The van der Waals surface area contributed by atoms with Crippen LogP contribution in [0.4, 0.5) is 0 Å². The zero-order chi connectivity index (χ0) is 13.1. The van der Waals surface area contributed by atoms with E-state index in [2.05, 4.69) is 9.97 Å². The molecule has 0 bridgehead atoms. The highest BCUT2D eigenvalue weighted by Crippen LogP contribution is 2.24. The summed E-state index contributed by atoms with van der Waals surface area (Å²) < 4.78 is 5.75. The summed E-state index contributed by atoms with van der Waals surface area (Å²) in [4.78, 5) is 8.54. The molecule has 2 heterocycles. The van der Waals surface area contributed by atoms with Crippen LogP contribution in [0.25, 0.3) is 10.9 Å². The van der Waals surface area contributed by atoms with E-state index in [0.29, 0.717) is 18.2 Å². The summed E-state index contributed by atoms with van der Waals surface area (Å²) in [6, 6.07) is 13.6. The smallest absolute Gasteiger partial charge is 0.223 e. The third-order valence-electron chi connectivity index (χ3n) is 2.85. The van der Waals surface area contributed by atoms with Gasteiger partial charge in [0.25, 0.3) is 0 Å². The van der Waals surface area contributed by atoms with E-state index in [4.69, 9.17) is 10.5 Å². The molecule has 0 amide bonds. The first-order valence-corrected chi connectivity index (χ1v) is 6.03. The van der Waals surface area contributed by atoms with Crippen LogP contribution < -0.4 is 10.5 Å². The van der Waals surface area contributed by atoms with Crippen LogP contribution in [0.5, 0.6) is 11.6 Å². The molecular weight excluding hydrogens is 238 g/mol. The standard InChI is InChI=1S/C15H13N3O/c16-9-12-5-3-7-17-15(12)19-13-8-11-4-1-2-6-14(11)18-10-13/h1-8,10H,9,16H2. The third-order valence-corrected chi connectivity index (χ3v) is 2.85. The Bertz CT molecular complexity index is 712.